The van der Waals surface area contributed by atoms with Gasteiger partial charge in [-0.3, -0.25) is 4.90 Å². The molecule has 1 aliphatic rings. The van der Waals surface area contributed by atoms with Gasteiger partial charge in [0.1, 0.15) is 0 Å². The fourth-order valence-corrected chi connectivity index (χ4v) is 2.77. The zero-order chi connectivity index (χ0) is 11.5. The number of rotatable bonds is 3. The lowest BCUT2D eigenvalue weighted by molar-refractivity contribution is 0.139. The molecule has 1 aromatic heterocycles. The summed E-state index contributed by atoms with van der Waals surface area (Å²) in [4.78, 5) is 9.10. The highest BCUT2D eigenvalue weighted by molar-refractivity contribution is 7.13. The molecule has 90 valence electrons. The van der Waals surface area contributed by atoms with E-state index in [1.165, 1.54) is 37.3 Å². The van der Waals surface area contributed by atoms with Gasteiger partial charge in [0.25, 0.3) is 0 Å². The number of hydrogen-bond donors (Lipinski definition) is 1. The highest BCUT2D eigenvalue weighted by Crippen LogP contribution is 2.18. The number of hydrogen-bond acceptors (Lipinski definition) is 5. The number of piperidine rings is 1. The van der Waals surface area contributed by atoms with E-state index in [1.807, 2.05) is 0 Å². The lowest BCUT2D eigenvalue weighted by atomic mass is 10.0. The molecule has 2 heterocycles. The van der Waals surface area contributed by atoms with E-state index in [2.05, 4.69) is 34.3 Å². The molecule has 4 nitrogen and oxygen atoms in total. The Hall–Kier alpha value is -0.650. The second kappa shape index (κ2) is 5.12. The van der Waals surface area contributed by atoms with Gasteiger partial charge >= 0.3 is 0 Å². The SMILES string of the molecule is CN(C)C1CCN(Cc2csc(N)n2)CC1. The van der Waals surface area contributed by atoms with Crippen LogP contribution in [0.1, 0.15) is 18.5 Å². The molecule has 1 aromatic rings. The van der Waals surface area contributed by atoms with Crippen molar-refractivity contribution in [1.29, 1.82) is 0 Å². The van der Waals surface area contributed by atoms with Gasteiger partial charge in [0.15, 0.2) is 5.13 Å². The molecular weight excluding hydrogens is 220 g/mol. The second-order valence-corrected chi connectivity index (χ2v) is 5.54. The number of likely N-dealkylation sites (tertiary alicyclic amines) is 1. The van der Waals surface area contributed by atoms with Gasteiger partial charge in [-0.05, 0) is 26.9 Å². The summed E-state index contributed by atoms with van der Waals surface area (Å²) >= 11 is 1.53. The quantitative estimate of drug-likeness (QED) is 0.864. The van der Waals surface area contributed by atoms with E-state index in [-0.39, 0.29) is 0 Å². The molecule has 0 spiro atoms. The van der Waals surface area contributed by atoms with Crippen molar-refractivity contribution in [3.8, 4) is 0 Å². The highest BCUT2D eigenvalue weighted by atomic mass is 32.1. The molecule has 0 amide bonds. The molecule has 0 unspecified atom stereocenters. The van der Waals surface area contributed by atoms with Crippen LogP contribution in [-0.4, -0.2) is 48.0 Å². The normalized spacial score (nSPS) is 19.4. The summed E-state index contributed by atoms with van der Waals surface area (Å²) < 4.78 is 0. The lowest BCUT2D eigenvalue weighted by Crippen LogP contribution is -2.41. The smallest absolute Gasteiger partial charge is 0.180 e. The van der Waals surface area contributed by atoms with Crippen LogP contribution < -0.4 is 5.73 Å². The molecule has 0 aromatic carbocycles. The van der Waals surface area contributed by atoms with Crippen LogP contribution >= 0.6 is 11.3 Å². The van der Waals surface area contributed by atoms with Gasteiger partial charge in [-0.15, -0.1) is 11.3 Å². The maximum absolute atomic E-state index is 5.63. The molecule has 1 fully saturated rings. The highest BCUT2D eigenvalue weighted by Gasteiger charge is 2.20. The molecule has 0 atom stereocenters. The minimum absolute atomic E-state index is 0.679. The molecule has 1 aliphatic heterocycles. The van der Waals surface area contributed by atoms with Crippen molar-refractivity contribution in [3.05, 3.63) is 11.1 Å². The van der Waals surface area contributed by atoms with E-state index >= 15 is 0 Å². The summed E-state index contributed by atoms with van der Waals surface area (Å²) in [6.07, 6.45) is 2.51. The van der Waals surface area contributed by atoms with E-state index in [9.17, 15) is 0 Å². The monoisotopic (exact) mass is 240 g/mol. The van der Waals surface area contributed by atoms with Gasteiger partial charge < -0.3 is 10.6 Å². The van der Waals surface area contributed by atoms with Gasteiger partial charge in [0, 0.05) is 31.1 Å². The van der Waals surface area contributed by atoms with Crippen LogP contribution in [0, 0.1) is 0 Å². The third-order valence-corrected chi connectivity index (χ3v) is 3.97. The Labute approximate surface area is 101 Å². The molecule has 0 aliphatic carbocycles. The van der Waals surface area contributed by atoms with E-state index < -0.39 is 0 Å². The predicted molar refractivity (Wildman–Crippen MR) is 68.5 cm³/mol. The molecule has 0 radical (unpaired) electrons. The fraction of sp³-hybridized carbons (Fsp3) is 0.727. The Morgan fingerprint density at radius 3 is 2.69 bits per heavy atom. The van der Waals surface area contributed by atoms with Crippen LogP contribution in [0.5, 0.6) is 0 Å². The zero-order valence-electron chi connectivity index (χ0n) is 10.0. The summed E-state index contributed by atoms with van der Waals surface area (Å²) in [6, 6.07) is 0.747. The average molecular weight is 240 g/mol. The van der Waals surface area contributed by atoms with E-state index in [4.69, 9.17) is 5.73 Å². The molecule has 0 bridgehead atoms. The maximum Gasteiger partial charge on any atom is 0.180 e. The summed E-state index contributed by atoms with van der Waals surface area (Å²) in [5.41, 5.74) is 6.74. The number of nitrogens with zero attached hydrogens (tertiary/aromatic N) is 3. The molecule has 1 saturated heterocycles. The van der Waals surface area contributed by atoms with Crippen LogP contribution in [-0.2, 0) is 6.54 Å². The first kappa shape index (κ1) is 11.8. The minimum Gasteiger partial charge on any atom is -0.375 e. The Bertz CT molecular complexity index is 328. The van der Waals surface area contributed by atoms with Gasteiger partial charge in [0.2, 0.25) is 0 Å². The Morgan fingerprint density at radius 2 is 2.19 bits per heavy atom. The number of thiazole rings is 1. The molecule has 2 rings (SSSR count). The number of anilines is 1. The van der Waals surface area contributed by atoms with Crippen molar-refractivity contribution in [3.63, 3.8) is 0 Å². The minimum atomic E-state index is 0.679. The van der Waals surface area contributed by atoms with E-state index in [1.54, 1.807) is 0 Å². The first-order chi connectivity index (χ1) is 7.65. The van der Waals surface area contributed by atoms with Gasteiger partial charge in [-0.1, -0.05) is 0 Å². The first-order valence-electron chi connectivity index (χ1n) is 5.74. The zero-order valence-corrected chi connectivity index (χ0v) is 10.8. The second-order valence-electron chi connectivity index (χ2n) is 4.65. The molecule has 2 N–H and O–H groups in total. The van der Waals surface area contributed by atoms with E-state index in [0.29, 0.717) is 5.13 Å². The standard InChI is InChI=1S/C11H20N4S/c1-14(2)10-3-5-15(6-4-10)7-9-8-16-11(12)13-9/h8,10H,3-7H2,1-2H3,(H2,12,13). The molecule has 0 saturated carbocycles. The van der Waals surface area contributed by atoms with Crippen LogP contribution in [0.2, 0.25) is 0 Å². The maximum atomic E-state index is 5.63. The largest absolute Gasteiger partial charge is 0.375 e. The summed E-state index contributed by atoms with van der Waals surface area (Å²) in [6.45, 7) is 3.29. The Morgan fingerprint density at radius 1 is 1.50 bits per heavy atom. The molecular formula is C11H20N4S. The van der Waals surface area contributed by atoms with Crippen molar-refractivity contribution in [2.45, 2.75) is 25.4 Å². The predicted octanol–water partition coefficient (Wildman–Crippen LogP) is 1.25. The third-order valence-electron chi connectivity index (χ3n) is 3.24. The fourth-order valence-electron chi connectivity index (χ4n) is 2.22. The van der Waals surface area contributed by atoms with Crippen molar-refractivity contribution in [2.24, 2.45) is 0 Å². The van der Waals surface area contributed by atoms with E-state index in [0.717, 1.165) is 18.3 Å². The topological polar surface area (TPSA) is 45.4 Å². The average Bonchev–Trinajstić information content (AvgIpc) is 2.65. The summed E-state index contributed by atoms with van der Waals surface area (Å²) in [5.74, 6) is 0. The van der Waals surface area contributed by atoms with Gasteiger partial charge in [-0.2, -0.15) is 0 Å². The van der Waals surface area contributed by atoms with Crippen molar-refractivity contribution >= 4 is 16.5 Å². The van der Waals surface area contributed by atoms with Crippen molar-refractivity contribution in [2.75, 3.05) is 32.9 Å². The summed E-state index contributed by atoms with van der Waals surface area (Å²) in [5, 5.41) is 2.74. The number of nitrogens with two attached hydrogens (primary N) is 1. The number of aromatic nitrogens is 1. The number of nitrogen functional groups attached to an aromatic ring is 1. The Kier molecular flexibility index (Phi) is 3.78. The molecule has 16 heavy (non-hydrogen) atoms. The molecule has 5 heteroatoms. The third kappa shape index (κ3) is 2.93. The summed E-state index contributed by atoms with van der Waals surface area (Å²) in [7, 11) is 4.34. The van der Waals surface area contributed by atoms with Crippen molar-refractivity contribution in [1.82, 2.24) is 14.8 Å². The van der Waals surface area contributed by atoms with Crippen LogP contribution in [0.25, 0.3) is 0 Å². The van der Waals surface area contributed by atoms with Gasteiger partial charge in [0.05, 0.1) is 5.69 Å². The lowest BCUT2D eigenvalue weighted by Gasteiger charge is -2.34. The van der Waals surface area contributed by atoms with Crippen molar-refractivity contribution < 1.29 is 0 Å². The Balaban J connectivity index is 1.81. The van der Waals surface area contributed by atoms with Crippen LogP contribution in [0.3, 0.4) is 0 Å². The first-order valence-corrected chi connectivity index (χ1v) is 6.62. The van der Waals surface area contributed by atoms with Crippen LogP contribution in [0.4, 0.5) is 5.13 Å². The van der Waals surface area contributed by atoms with Gasteiger partial charge in [-0.25, -0.2) is 4.98 Å². The van der Waals surface area contributed by atoms with Crippen LogP contribution in [0.15, 0.2) is 5.38 Å².